The molecule has 12 heteroatoms. The third-order valence-electron chi connectivity index (χ3n) is 7.53. The number of ketones is 1. The molecule has 7 nitrogen and oxygen atoms in total. The number of pyridine rings is 1. The number of piperidine rings is 1. The van der Waals surface area contributed by atoms with Crippen molar-refractivity contribution in [2.75, 3.05) is 6.54 Å². The first-order valence-electron chi connectivity index (χ1n) is 12.2. The number of benzene rings is 2. The monoisotopic (exact) mass is 600 g/mol. The lowest BCUT2D eigenvalue weighted by molar-refractivity contribution is 0.0626. The Morgan fingerprint density at radius 2 is 1.88 bits per heavy atom. The van der Waals surface area contributed by atoms with Gasteiger partial charge in [0.2, 0.25) is 10.0 Å². The predicted molar refractivity (Wildman–Crippen MR) is 145 cm³/mol. The van der Waals surface area contributed by atoms with E-state index in [1.807, 2.05) is 0 Å². The maximum atomic E-state index is 14.7. The standard InChI is InChI=1S/C28H20Cl2F2N4O3S/c29-20-6-5-19(13-21(20)30)40(38,39)36-10-8-18-12-25-17(15-34-35-25)14-28(18,27(37)24-3-1-2-9-33-24)26(36)16-4-7-22(31)23(32)11-16/h1-7,9,11-13,15,26H,8,10,14H2,(H,34,35)/t26-,28?/m1/s1. The van der Waals surface area contributed by atoms with Crippen molar-refractivity contribution in [1.29, 1.82) is 0 Å². The summed E-state index contributed by atoms with van der Waals surface area (Å²) in [6.07, 6.45) is 5.08. The zero-order valence-electron chi connectivity index (χ0n) is 20.6. The lowest BCUT2D eigenvalue weighted by Crippen LogP contribution is -2.55. The van der Waals surface area contributed by atoms with Crippen LogP contribution in [0.2, 0.25) is 10.0 Å². The Morgan fingerprint density at radius 3 is 2.60 bits per heavy atom. The van der Waals surface area contributed by atoms with Gasteiger partial charge in [-0.2, -0.15) is 9.40 Å². The molecule has 2 aromatic heterocycles. The number of carbonyl (C=O) groups is 1. The number of aromatic amines is 1. The Bertz CT molecular complexity index is 1800. The van der Waals surface area contributed by atoms with Crippen molar-refractivity contribution in [3.63, 3.8) is 0 Å². The fraction of sp³-hybridized carbons (Fsp3) is 0.179. The molecule has 0 radical (unpaired) electrons. The number of rotatable bonds is 5. The highest BCUT2D eigenvalue weighted by Gasteiger charge is 2.58. The van der Waals surface area contributed by atoms with Gasteiger partial charge in [0, 0.05) is 12.7 Å². The normalized spacial score (nSPS) is 20.9. The number of nitrogens with zero attached hydrogens (tertiary/aromatic N) is 3. The minimum Gasteiger partial charge on any atom is -0.291 e. The molecule has 6 rings (SSSR count). The quantitative estimate of drug-likeness (QED) is 0.282. The lowest BCUT2D eigenvalue weighted by atomic mass is 9.60. The van der Waals surface area contributed by atoms with Crippen molar-refractivity contribution in [1.82, 2.24) is 19.5 Å². The fourth-order valence-corrected chi connectivity index (χ4v) is 7.77. The molecule has 2 aromatic carbocycles. The molecule has 1 aliphatic heterocycles. The van der Waals surface area contributed by atoms with Crippen molar-refractivity contribution in [3.05, 3.63) is 117 Å². The number of hydrogen-bond donors (Lipinski definition) is 1. The van der Waals surface area contributed by atoms with E-state index in [-0.39, 0.29) is 45.6 Å². The molecule has 1 aliphatic carbocycles. The van der Waals surface area contributed by atoms with Gasteiger partial charge < -0.3 is 0 Å². The molecule has 0 bridgehead atoms. The van der Waals surface area contributed by atoms with Gasteiger partial charge in [0.25, 0.3) is 0 Å². The fourth-order valence-electron chi connectivity index (χ4n) is 5.72. The maximum absolute atomic E-state index is 14.7. The largest absolute Gasteiger partial charge is 0.291 e. The minimum absolute atomic E-state index is 0.0321. The van der Waals surface area contributed by atoms with Crippen LogP contribution in [0.15, 0.2) is 77.5 Å². The summed E-state index contributed by atoms with van der Waals surface area (Å²) < 4.78 is 58.5. The zero-order valence-corrected chi connectivity index (χ0v) is 22.9. The highest BCUT2D eigenvalue weighted by Crippen LogP contribution is 2.56. The molecule has 0 saturated carbocycles. The topological polar surface area (TPSA) is 96.0 Å². The van der Waals surface area contributed by atoms with E-state index in [9.17, 15) is 22.0 Å². The Hall–Kier alpha value is -3.44. The molecule has 4 aromatic rings. The molecule has 204 valence electrons. The Kier molecular flexibility index (Phi) is 6.61. The molecule has 2 atom stereocenters. The first-order chi connectivity index (χ1) is 19.1. The van der Waals surface area contributed by atoms with Gasteiger partial charge in [-0.15, -0.1) is 0 Å². The highest BCUT2D eigenvalue weighted by atomic mass is 35.5. The van der Waals surface area contributed by atoms with Crippen LogP contribution in [-0.4, -0.2) is 40.2 Å². The molecule has 40 heavy (non-hydrogen) atoms. The van der Waals surface area contributed by atoms with Crippen LogP contribution in [0, 0.1) is 17.0 Å². The van der Waals surface area contributed by atoms with E-state index >= 15 is 0 Å². The molecule has 1 unspecified atom stereocenters. The number of sulfonamides is 1. The number of carbonyl (C=O) groups excluding carboxylic acids is 1. The maximum Gasteiger partial charge on any atom is 0.243 e. The molecule has 2 aliphatic rings. The van der Waals surface area contributed by atoms with E-state index < -0.39 is 38.9 Å². The summed E-state index contributed by atoms with van der Waals surface area (Å²) in [5.41, 5.74) is 0.691. The van der Waals surface area contributed by atoms with E-state index in [0.29, 0.717) is 16.8 Å². The average molecular weight is 601 g/mol. The van der Waals surface area contributed by atoms with Crippen LogP contribution in [0.4, 0.5) is 8.78 Å². The first kappa shape index (κ1) is 26.8. The average Bonchev–Trinajstić information content (AvgIpc) is 3.41. The summed E-state index contributed by atoms with van der Waals surface area (Å²) in [4.78, 5) is 18.7. The second-order valence-corrected chi connectivity index (χ2v) is 12.4. The van der Waals surface area contributed by atoms with Crippen LogP contribution < -0.4 is 0 Å². The number of halogens is 4. The van der Waals surface area contributed by atoms with Crippen molar-refractivity contribution in [2.24, 2.45) is 5.41 Å². The van der Waals surface area contributed by atoms with E-state index in [0.717, 1.165) is 12.1 Å². The van der Waals surface area contributed by atoms with Gasteiger partial charge in [-0.3, -0.25) is 14.9 Å². The molecule has 3 heterocycles. The zero-order chi connectivity index (χ0) is 28.2. The number of fused-ring (bicyclic) bond motifs is 2. The van der Waals surface area contributed by atoms with Crippen LogP contribution in [0.25, 0.3) is 6.08 Å². The van der Waals surface area contributed by atoms with Gasteiger partial charge in [-0.05, 0) is 72.5 Å². The van der Waals surface area contributed by atoms with Crippen LogP contribution in [0.3, 0.4) is 0 Å². The van der Waals surface area contributed by atoms with Gasteiger partial charge >= 0.3 is 0 Å². The van der Waals surface area contributed by atoms with Crippen molar-refractivity contribution >= 4 is 45.1 Å². The van der Waals surface area contributed by atoms with Gasteiger partial charge in [-0.25, -0.2) is 17.2 Å². The Morgan fingerprint density at radius 1 is 1.05 bits per heavy atom. The first-order valence-corrected chi connectivity index (χ1v) is 14.4. The summed E-state index contributed by atoms with van der Waals surface area (Å²) in [5, 5.41) is 7.23. The van der Waals surface area contributed by atoms with E-state index in [1.54, 1.807) is 30.5 Å². The number of nitrogens with one attached hydrogen (secondary N) is 1. The number of aromatic nitrogens is 3. The minimum atomic E-state index is -4.34. The lowest BCUT2D eigenvalue weighted by Gasteiger charge is -2.51. The molecule has 1 N–H and O–H groups in total. The molecule has 0 amide bonds. The molecule has 1 fully saturated rings. The molecular formula is C28H20Cl2F2N4O3S. The summed E-state index contributed by atoms with van der Waals surface area (Å²) in [6, 6.07) is 10.7. The van der Waals surface area contributed by atoms with E-state index in [2.05, 4.69) is 15.2 Å². The van der Waals surface area contributed by atoms with Crippen molar-refractivity contribution in [3.8, 4) is 0 Å². The Balaban J connectivity index is 1.63. The third-order valence-corrected chi connectivity index (χ3v) is 10.1. The van der Waals surface area contributed by atoms with Gasteiger partial charge in [0.05, 0.1) is 38.3 Å². The molecule has 1 saturated heterocycles. The van der Waals surface area contributed by atoms with Gasteiger partial charge in [0.15, 0.2) is 17.4 Å². The number of H-pyrrole nitrogens is 1. The van der Waals surface area contributed by atoms with Crippen LogP contribution in [-0.2, 0) is 16.4 Å². The summed E-state index contributed by atoms with van der Waals surface area (Å²) >= 11 is 12.2. The second kappa shape index (κ2) is 9.88. The smallest absolute Gasteiger partial charge is 0.243 e. The number of Topliss-reactive ketones (excluding diaryl/α,β-unsaturated/α-hetero) is 1. The van der Waals surface area contributed by atoms with Crippen LogP contribution in [0.5, 0.6) is 0 Å². The number of hydrogen-bond acceptors (Lipinski definition) is 5. The predicted octanol–water partition coefficient (Wildman–Crippen LogP) is 6.03. The molecular weight excluding hydrogens is 581 g/mol. The van der Waals surface area contributed by atoms with Gasteiger partial charge in [0.1, 0.15) is 5.69 Å². The van der Waals surface area contributed by atoms with Crippen LogP contribution in [0.1, 0.15) is 39.8 Å². The third kappa shape index (κ3) is 4.17. The van der Waals surface area contributed by atoms with Crippen LogP contribution >= 0.6 is 23.2 Å². The second-order valence-electron chi connectivity index (χ2n) is 9.69. The van der Waals surface area contributed by atoms with Gasteiger partial charge in [-0.1, -0.05) is 40.9 Å². The highest BCUT2D eigenvalue weighted by molar-refractivity contribution is 7.89. The van der Waals surface area contributed by atoms with E-state index in [1.165, 1.54) is 34.8 Å². The molecule has 0 spiro atoms. The Labute approximate surface area is 238 Å². The van der Waals surface area contributed by atoms with Crippen molar-refractivity contribution in [2.45, 2.75) is 23.8 Å². The van der Waals surface area contributed by atoms with E-state index in [4.69, 9.17) is 23.2 Å². The van der Waals surface area contributed by atoms with Crippen molar-refractivity contribution < 1.29 is 22.0 Å². The summed E-state index contributed by atoms with van der Waals surface area (Å²) in [5.74, 6) is -2.71. The summed E-state index contributed by atoms with van der Waals surface area (Å²) in [7, 11) is -4.34. The summed E-state index contributed by atoms with van der Waals surface area (Å²) in [6.45, 7) is -0.0429. The SMILES string of the molecule is O=C(c1ccccn1)C12Cc3cn[nH]c3C=C1CCN(S(=O)(=O)c1ccc(Cl)c(Cl)c1)[C@@H]2c1ccc(F)c(F)c1.